The number of hydroxylamine groups is 2. The van der Waals surface area contributed by atoms with Crippen molar-refractivity contribution in [2.75, 3.05) is 28.4 Å². The molecule has 0 aromatic heterocycles. The first-order chi connectivity index (χ1) is 8.96. The number of carbonyl (C=O) groups excluding carboxylic acids is 1. The van der Waals surface area contributed by atoms with Gasteiger partial charge >= 0.3 is 0 Å². The van der Waals surface area contributed by atoms with Crippen LogP contribution in [0.4, 0.5) is 5.69 Å². The fourth-order valence-electron chi connectivity index (χ4n) is 1.44. The summed E-state index contributed by atoms with van der Waals surface area (Å²) in [5, 5.41) is 11.9. The molecule has 0 atom stereocenters. The van der Waals surface area contributed by atoms with E-state index < -0.39 is 10.8 Å². The molecule has 19 heavy (non-hydrogen) atoms. The average Bonchev–Trinajstić information content (AvgIpc) is 2.43. The van der Waals surface area contributed by atoms with Gasteiger partial charge in [0.25, 0.3) is 11.6 Å². The SMILES string of the molecule is COc1cc(C(=O)N(C)OC)c([N+](=O)[O-])cc1OC. The van der Waals surface area contributed by atoms with Crippen molar-refractivity contribution in [3.8, 4) is 11.5 Å². The number of amides is 1. The normalized spacial score (nSPS) is 9.89. The molecule has 0 radical (unpaired) electrons. The van der Waals surface area contributed by atoms with Crippen LogP contribution in [0, 0.1) is 10.1 Å². The number of ether oxygens (including phenoxy) is 2. The molecule has 1 aromatic rings. The molecule has 0 bridgehead atoms. The predicted molar refractivity (Wildman–Crippen MR) is 65.3 cm³/mol. The summed E-state index contributed by atoms with van der Waals surface area (Å²) in [5.74, 6) is -0.262. The molecule has 0 heterocycles. The Bertz CT molecular complexity index is 502. The van der Waals surface area contributed by atoms with Crippen molar-refractivity contribution >= 4 is 11.6 Å². The van der Waals surface area contributed by atoms with Crippen LogP contribution < -0.4 is 9.47 Å². The summed E-state index contributed by atoms with van der Waals surface area (Å²) in [5.41, 5.74) is -0.529. The summed E-state index contributed by atoms with van der Waals surface area (Å²) in [6.45, 7) is 0. The maximum Gasteiger partial charge on any atom is 0.286 e. The summed E-state index contributed by atoms with van der Waals surface area (Å²) in [4.78, 5) is 27.0. The predicted octanol–water partition coefficient (Wildman–Crippen LogP) is 1.25. The molecule has 8 heteroatoms. The molecule has 1 rings (SSSR count). The highest BCUT2D eigenvalue weighted by Gasteiger charge is 2.26. The van der Waals surface area contributed by atoms with Crippen LogP contribution in [0.3, 0.4) is 0 Å². The van der Waals surface area contributed by atoms with Gasteiger partial charge in [-0.15, -0.1) is 0 Å². The molecule has 0 unspecified atom stereocenters. The second-order valence-corrected chi connectivity index (χ2v) is 3.47. The van der Waals surface area contributed by atoms with E-state index in [1.165, 1.54) is 34.4 Å². The Morgan fingerprint density at radius 2 is 1.74 bits per heavy atom. The Balaban J connectivity index is 3.43. The topological polar surface area (TPSA) is 91.1 Å². The van der Waals surface area contributed by atoms with E-state index >= 15 is 0 Å². The quantitative estimate of drug-likeness (QED) is 0.590. The number of methoxy groups -OCH3 is 2. The third kappa shape index (κ3) is 2.91. The molecular weight excluding hydrogens is 256 g/mol. The Morgan fingerprint density at radius 3 is 2.16 bits per heavy atom. The van der Waals surface area contributed by atoms with Crippen molar-refractivity contribution in [3.05, 3.63) is 27.8 Å². The summed E-state index contributed by atoms with van der Waals surface area (Å²) in [7, 11) is 5.36. The fraction of sp³-hybridized carbons (Fsp3) is 0.364. The van der Waals surface area contributed by atoms with Crippen molar-refractivity contribution < 1.29 is 24.0 Å². The van der Waals surface area contributed by atoms with Gasteiger partial charge in [-0.1, -0.05) is 0 Å². The number of nitro groups is 1. The zero-order valence-corrected chi connectivity index (χ0v) is 11.0. The molecule has 0 spiro atoms. The maximum absolute atomic E-state index is 12.0. The van der Waals surface area contributed by atoms with Gasteiger partial charge in [-0.3, -0.25) is 19.7 Å². The standard InChI is InChI=1S/C11H14N2O6/c1-12(19-4)11(14)7-5-9(17-2)10(18-3)6-8(7)13(15)16/h5-6H,1-4H3. The van der Waals surface area contributed by atoms with Gasteiger partial charge < -0.3 is 9.47 Å². The summed E-state index contributed by atoms with van der Waals surface area (Å²) in [6, 6.07) is 2.38. The molecule has 104 valence electrons. The molecule has 0 N–H and O–H groups in total. The monoisotopic (exact) mass is 270 g/mol. The number of hydrogen-bond donors (Lipinski definition) is 0. The van der Waals surface area contributed by atoms with Gasteiger partial charge in [0.1, 0.15) is 5.56 Å². The van der Waals surface area contributed by atoms with Crippen LogP contribution in [0.2, 0.25) is 0 Å². The lowest BCUT2D eigenvalue weighted by Crippen LogP contribution is -2.26. The van der Waals surface area contributed by atoms with Crippen molar-refractivity contribution in [2.24, 2.45) is 0 Å². The third-order valence-corrected chi connectivity index (χ3v) is 2.49. The first kappa shape index (κ1) is 14.7. The minimum Gasteiger partial charge on any atom is -0.493 e. The van der Waals surface area contributed by atoms with Crippen molar-refractivity contribution in [2.45, 2.75) is 0 Å². The van der Waals surface area contributed by atoms with E-state index in [1.807, 2.05) is 0 Å². The van der Waals surface area contributed by atoms with E-state index in [0.717, 1.165) is 11.1 Å². The second-order valence-electron chi connectivity index (χ2n) is 3.47. The smallest absolute Gasteiger partial charge is 0.286 e. The second kappa shape index (κ2) is 6.01. The molecule has 0 aliphatic rings. The van der Waals surface area contributed by atoms with Crippen LogP contribution in [-0.4, -0.2) is 44.3 Å². The largest absolute Gasteiger partial charge is 0.493 e. The number of benzene rings is 1. The molecule has 0 aliphatic carbocycles. The molecule has 0 saturated carbocycles. The number of rotatable bonds is 5. The van der Waals surface area contributed by atoms with E-state index in [-0.39, 0.29) is 22.7 Å². The van der Waals surface area contributed by atoms with Gasteiger partial charge in [0.2, 0.25) is 0 Å². The molecule has 1 aromatic carbocycles. The molecule has 8 nitrogen and oxygen atoms in total. The Morgan fingerprint density at radius 1 is 1.21 bits per heavy atom. The molecular formula is C11H14N2O6. The number of nitro benzene ring substituents is 1. The van der Waals surface area contributed by atoms with E-state index in [9.17, 15) is 14.9 Å². The van der Waals surface area contributed by atoms with E-state index in [4.69, 9.17) is 14.3 Å². The number of hydrogen-bond acceptors (Lipinski definition) is 6. The van der Waals surface area contributed by atoms with Gasteiger partial charge in [0, 0.05) is 13.1 Å². The van der Waals surface area contributed by atoms with E-state index in [2.05, 4.69) is 0 Å². The van der Waals surface area contributed by atoms with Crippen LogP contribution in [0.25, 0.3) is 0 Å². The molecule has 0 aliphatic heterocycles. The van der Waals surface area contributed by atoms with Crippen molar-refractivity contribution in [1.29, 1.82) is 0 Å². The van der Waals surface area contributed by atoms with Crippen LogP contribution >= 0.6 is 0 Å². The minimum atomic E-state index is -0.668. The van der Waals surface area contributed by atoms with E-state index in [1.54, 1.807) is 0 Å². The first-order valence-electron chi connectivity index (χ1n) is 5.18. The molecule has 0 saturated heterocycles. The van der Waals surface area contributed by atoms with Crippen LogP contribution in [-0.2, 0) is 4.84 Å². The van der Waals surface area contributed by atoms with Gasteiger partial charge in [-0.25, -0.2) is 5.06 Å². The first-order valence-corrected chi connectivity index (χ1v) is 5.18. The third-order valence-electron chi connectivity index (χ3n) is 2.49. The highest BCUT2D eigenvalue weighted by Crippen LogP contribution is 2.34. The lowest BCUT2D eigenvalue weighted by molar-refractivity contribution is -0.385. The number of nitrogens with zero attached hydrogens (tertiary/aromatic N) is 2. The Hall–Kier alpha value is -2.35. The summed E-state index contributed by atoms with van der Waals surface area (Å²) >= 11 is 0. The fourth-order valence-corrected chi connectivity index (χ4v) is 1.44. The van der Waals surface area contributed by atoms with Crippen molar-refractivity contribution in [3.63, 3.8) is 0 Å². The van der Waals surface area contributed by atoms with Gasteiger partial charge in [-0.05, 0) is 0 Å². The maximum atomic E-state index is 12.0. The molecule has 1 amide bonds. The van der Waals surface area contributed by atoms with Crippen LogP contribution in [0.15, 0.2) is 12.1 Å². The van der Waals surface area contributed by atoms with E-state index in [0.29, 0.717) is 0 Å². The Kier molecular flexibility index (Phi) is 4.65. The summed E-state index contributed by atoms with van der Waals surface area (Å²) < 4.78 is 9.98. The van der Waals surface area contributed by atoms with Gasteiger partial charge in [0.15, 0.2) is 11.5 Å². The van der Waals surface area contributed by atoms with Gasteiger partial charge in [-0.2, -0.15) is 0 Å². The lowest BCUT2D eigenvalue weighted by atomic mass is 10.1. The summed E-state index contributed by atoms with van der Waals surface area (Å²) in [6.07, 6.45) is 0. The average molecular weight is 270 g/mol. The van der Waals surface area contributed by atoms with Crippen molar-refractivity contribution in [1.82, 2.24) is 5.06 Å². The van der Waals surface area contributed by atoms with Gasteiger partial charge in [0.05, 0.1) is 32.3 Å². The molecule has 0 fully saturated rings. The zero-order valence-electron chi connectivity index (χ0n) is 11.0. The lowest BCUT2D eigenvalue weighted by Gasteiger charge is -2.15. The minimum absolute atomic E-state index is 0.146. The number of carbonyl (C=O) groups is 1. The van der Waals surface area contributed by atoms with Crippen LogP contribution in [0.5, 0.6) is 11.5 Å². The highest BCUT2D eigenvalue weighted by atomic mass is 16.7. The Labute approximate surface area is 109 Å². The zero-order chi connectivity index (χ0) is 14.6. The highest BCUT2D eigenvalue weighted by molar-refractivity contribution is 5.98. The van der Waals surface area contributed by atoms with Crippen LogP contribution in [0.1, 0.15) is 10.4 Å².